The molecule has 4 aromatic rings. The molecule has 9 heteroatoms. The van der Waals surface area contributed by atoms with Crippen molar-refractivity contribution < 1.29 is 19.5 Å². The number of rotatable bonds is 0. The fourth-order valence-electron chi connectivity index (χ4n) is 2.02. The quantitative estimate of drug-likeness (QED) is 0.278. The SMILES string of the molecule is C#Cc1nccn1C.C#Cc1nccn1C.C#Cc1nccn1C.C#Cc1nccn1C.[Zn]. The summed E-state index contributed by atoms with van der Waals surface area (Å²) in [6.45, 7) is 0. The fraction of sp³-hybridized carbons (Fsp3) is 0.167. The second-order valence-electron chi connectivity index (χ2n) is 6.02. The maximum absolute atomic E-state index is 5.06. The molecule has 0 atom stereocenters. The largest absolute Gasteiger partial charge is 0.327 e. The van der Waals surface area contributed by atoms with Crippen LogP contribution in [-0.2, 0) is 47.7 Å². The maximum Gasteiger partial charge on any atom is 0.184 e. The third-order valence-electron chi connectivity index (χ3n) is 3.80. The Morgan fingerprint density at radius 2 is 0.667 bits per heavy atom. The van der Waals surface area contributed by atoms with E-state index in [9.17, 15) is 0 Å². The Morgan fingerprint density at radius 1 is 0.485 bits per heavy atom. The Kier molecular flexibility index (Phi) is 13.5. The number of hydrogen-bond acceptors (Lipinski definition) is 4. The van der Waals surface area contributed by atoms with E-state index in [1.165, 1.54) is 0 Å². The van der Waals surface area contributed by atoms with Crippen molar-refractivity contribution in [1.29, 1.82) is 0 Å². The molecule has 0 saturated carbocycles. The molecule has 4 aromatic heterocycles. The first-order chi connectivity index (χ1) is 15.4. The van der Waals surface area contributed by atoms with E-state index in [0.29, 0.717) is 23.3 Å². The molecule has 4 heterocycles. The van der Waals surface area contributed by atoms with Gasteiger partial charge in [0.2, 0.25) is 0 Å². The average Bonchev–Trinajstić information content (AvgIpc) is 3.58. The summed E-state index contributed by atoms with van der Waals surface area (Å²) in [7, 11) is 7.45. The van der Waals surface area contributed by atoms with E-state index in [-0.39, 0.29) is 19.5 Å². The summed E-state index contributed by atoms with van der Waals surface area (Å²) in [4.78, 5) is 15.4. The van der Waals surface area contributed by atoms with E-state index < -0.39 is 0 Å². The molecule has 4 rings (SSSR count). The van der Waals surface area contributed by atoms with E-state index in [0.717, 1.165) is 0 Å². The minimum atomic E-state index is 0. The van der Waals surface area contributed by atoms with Gasteiger partial charge in [0.15, 0.2) is 23.3 Å². The number of terminal acetylenes is 4. The number of nitrogens with zero attached hydrogens (tertiary/aromatic N) is 8. The minimum Gasteiger partial charge on any atom is -0.327 e. The molecular weight excluding hydrogens is 466 g/mol. The van der Waals surface area contributed by atoms with E-state index in [4.69, 9.17) is 25.7 Å². The number of hydrogen-bond donors (Lipinski definition) is 0. The Labute approximate surface area is 207 Å². The van der Waals surface area contributed by atoms with Crippen LogP contribution in [0.1, 0.15) is 23.3 Å². The smallest absolute Gasteiger partial charge is 0.184 e. The molecule has 0 bridgehead atoms. The normalized spacial score (nSPS) is 8.24. The molecular formula is C24H24N8Zn. The molecule has 0 spiro atoms. The second kappa shape index (κ2) is 15.5. The van der Waals surface area contributed by atoms with Gasteiger partial charge in [-0.25, -0.2) is 19.9 Å². The summed E-state index contributed by atoms with van der Waals surface area (Å²) in [6, 6.07) is 0. The Hall–Kier alpha value is -4.30. The van der Waals surface area contributed by atoms with Crippen LogP contribution in [0.5, 0.6) is 0 Å². The molecule has 0 amide bonds. The predicted molar refractivity (Wildman–Crippen MR) is 125 cm³/mol. The molecule has 0 aliphatic carbocycles. The van der Waals surface area contributed by atoms with Crippen LogP contribution in [0.15, 0.2) is 49.6 Å². The van der Waals surface area contributed by atoms with Crippen molar-refractivity contribution in [3.63, 3.8) is 0 Å². The molecule has 0 aromatic carbocycles. The minimum absolute atomic E-state index is 0. The number of imidazole rings is 4. The molecule has 8 nitrogen and oxygen atoms in total. The van der Waals surface area contributed by atoms with Crippen molar-refractivity contribution in [2.24, 2.45) is 28.2 Å². The van der Waals surface area contributed by atoms with Gasteiger partial charge < -0.3 is 18.3 Å². The average molecular weight is 490 g/mol. The Morgan fingerprint density at radius 3 is 0.727 bits per heavy atom. The van der Waals surface area contributed by atoms with Gasteiger partial charge in [0.05, 0.1) is 0 Å². The van der Waals surface area contributed by atoms with Gasteiger partial charge in [0.25, 0.3) is 0 Å². The monoisotopic (exact) mass is 488 g/mol. The molecule has 0 saturated heterocycles. The van der Waals surface area contributed by atoms with Crippen molar-refractivity contribution in [2.45, 2.75) is 0 Å². The van der Waals surface area contributed by atoms with Crippen molar-refractivity contribution in [3.05, 3.63) is 72.9 Å². The van der Waals surface area contributed by atoms with Gasteiger partial charge in [-0.05, 0) is 23.7 Å². The molecule has 0 aliphatic heterocycles. The molecule has 0 fully saturated rings. The van der Waals surface area contributed by atoms with Gasteiger partial charge in [-0.2, -0.15) is 0 Å². The van der Waals surface area contributed by atoms with Crippen LogP contribution < -0.4 is 0 Å². The molecule has 0 radical (unpaired) electrons. The van der Waals surface area contributed by atoms with Crippen LogP contribution in [0.3, 0.4) is 0 Å². The van der Waals surface area contributed by atoms with Crippen LogP contribution >= 0.6 is 0 Å². The zero-order chi connectivity index (χ0) is 23.9. The maximum atomic E-state index is 5.06. The standard InChI is InChI=1S/4C6H6N2.Zn/c4*1-3-6-7-4-5-8(6)2;/h4*1,4-5H,2H3;. The Bertz CT molecular complexity index is 1070. The van der Waals surface area contributed by atoms with Crippen molar-refractivity contribution in [3.8, 4) is 49.4 Å². The predicted octanol–water partition coefficient (Wildman–Crippen LogP) is 1.60. The van der Waals surface area contributed by atoms with Crippen molar-refractivity contribution in [2.75, 3.05) is 0 Å². The van der Waals surface area contributed by atoms with Gasteiger partial charge in [-0.15, -0.1) is 25.7 Å². The second-order valence-corrected chi connectivity index (χ2v) is 6.02. The van der Waals surface area contributed by atoms with Gasteiger partial charge >= 0.3 is 0 Å². The third-order valence-corrected chi connectivity index (χ3v) is 3.80. The zero-order valence-electron chi connectivity index (χ0n) is 19.2. The third kappa shape index (κ3) is 9.58. The number of aryl methyl sites for hydroxylation is 4. The van der Waals surface area contributed by atoms with Crippen molar-refractivity contribution in [1.82, 2.24) is 38.2 Å². The van der Waals surface area contributed by atoms with Crippen LogP contribution in [0, 0.1) is 49.4 Å². The zero-order valence-corrected chi connectivity index (χ0v) is 22.2. The first-order valence-electron chi connectivity index (χ1n) is 9.13. The van der Waals surface area contributed by atoms with Gasteiger partial charge in [-0.3, -0.25) is 0 Å². The van der Waals surface area contributed by atoms with Crippen LogP contribution in [0.2, 0.25) is 0 Å². The van der Waals surface area contributed by atoms with Crippen LogP contribution in [-0.4, -0.2) is 38.2 Å². The van der Waals surface area contributed by atoms with E-state index >= 15 is 0 Å². The Balaban J connectivity index is 0.000000410. The molecule has 33 heavy (non-hydrogen) atoms. The van der Waals surface area contributed by atoms with Gasteiger partial charge in [0.1, 0.15) is 0 Å². The molecule has 0 N–H and O–H groups in total. The topological polar surface area (TPSA) is 71.3 Å². The number of aromatic nitrogens is 8. The summed E-state index contributed by atoms with van der Waals surface area (Å²) in [5.41, 5.74) is 0. The first-order valence-corrected chi connectivity index (χ1v) is 9.13. The van der Waals surface area contributed by atoms with Gasteiger partial charge in [0, 0.05) is 97.2 Å². The first kappa shape index (κ1) is 28.7. The van der Waals surface area contributed by atoms with Crippen LogP contribution in [0.4, 0.5) is 0 Å². The summed E-state index contributed by atoms with van der Waals surface area (Å²) >= 11 is 0. The molecule has 0 unspecified atom stereocenters. The summed E-state index contributed by atoms with van der Waals surface area (Å²) in [6.07, 6.45) is 34.2. The van der Waals surface area contributed by atoms with Crippen molar-refractivity contribution >= 4 is 0 Å². The summed E-state index contributed by atoms with van der Waals surface area (Å²) in [5, 5.41) is 0. The van der Waals surface area contributed by atoms with E-state index in [2.05, 4.69) is 43.6 Å². The molecule has 162 valence electrons. The summed E-state index contributed by atoms with van der Waals surface area (Å²) < 4.78 is 7.17. The summed E-state index contributed by atoms with van der Waals surface area (Å²) in [5.74, 6) is 12.4. The molecule has 0 aliphatic rings. The fourth-order valence-corrected chi connectivity index (χ4v) is 2.02. The van der Waals surface area contributed by atoms with Gasteiger partial charge in [-0.1, -0.05) is 0 Å². The van der Waals surface area contributed by atoms with E-state index in [1.807, 2.05) is 53.0 Å². The van der Waals surface area contributed by atoms with E-state index in [1.54, 1.807) is 43.1 Å². The van der Waals surface area contributed by atoms with Crippen LogP contribution in [0.25, 0.3) is 0 Å².